The number of aromatic hydroxyl groups is 2. The van der Waals surface area contributed by atoms with Crippen LogP contribution < -0.4 is 4.72 Å². The molecule has 0 aromatic heterocycles. The lowest BCUT2D eigenvalue weighted by Crippen LogP contribution is -2.45. The van der Waals surface area contributed by atoms with Crippen LogP contribution in [0.1, 0.15) is 30.6 Å². The molecule has 3 aromatic rings. The Hall–Kier alpha value is -3.27. The molecule has 2 unspecified atom stereocenters. The number of carbonyl (C=O) groups is 1. The van der Waals surface area contributed by atoms with E-state index >= 15 is 0 Å². The van der Waals surface area contributed by atoms with Crippen LogP contribution >= 0.6 is 11.9 Å². The molecule has 0 radical (unpaired) electrons. The number of benzene rings is 3. The first-order chi connectivity index (χ1) is 17.8. The van der Waals surface area contributed by atoms with Gasteiger partial charge in [0, 0.05) is 41.8 Å². The number of morpholine rings is 1. The predicted octanol–water partition coefficient (Wildman–Crippen LogP) is 5.68. The van der Waals surface area contributed by atoms with Crippen molar-refractivity contribution < 1.29 is 28.9 Å². The van der Waals surface area contributed by atoms with Gasteiger partial charge in [-0.15, -0.1) is 0 Å². The lowest BCUT2D eigenvalue weighted by molar-refractivity contribution is -0.0689. The van der Waals surface area contributed by atoms with Gasteiger partial charge in [0.25, 0.3) is 0 Å². The normalized spacial score (nSPS) is 17.9. The summed E-state index contributed by atoms with van der Waals surface area (Å²) in [6, 6.07) is 15.7. The second-order valence-corrected chi connectivity index (χ2v) is 10.0. The fraction of sp³-hybridized carbons (Fsp3) is 0.321. The van der Waals surface area contributed by atoms with Crippen molar-refractivity contribution in [2.75, 3.05) is 31.0 Å². The van der Waals surface area contributed by atoms with Crippen LogP contribution in [-0.2, 0) is 9.47 Å². The lowest BCUT2D eigenvalue weighted by Gasteiger charge is -2.35. The summed E-state index contributed by atoms with van der Waals surface area (Å²) in [5.74, 6) is -1.18. The molecule has 7 nitrogen and oxygen atoms in total. The molecule has 4 rings (SSSR count). The number of hydrogen-bond donors (Lipinski definition) is 3. The number of nitrogens with one attached hydrogen (secondary N) is 1. The van der Waals surface area contributed by atoms with E-state index in [4.69, 9.17) is 9.47 Å². The van der Waals surface area contributed by atoms with Gasteiger partial charge in [0.1, 0.15) is 22.9 Å². The zero-order valence-corrected chi connectivity index (χ0v) is 21.6. The lowest BCUT2D eigenvalue weighted by atomic mass is 10.0. The van der Waals surface area contributed by atoms with Gasteiger partial charge in [0.2, 0.25) is 0 Å². The molecule has 3 aromatic carbocycles. The van der Waals surface area contributed by atoms with E-state index in [9.17, 15) is 19.4 Å². The SMILES string of the molecule is CC1CN(CCCOC(=O)c2ccc(NSc3cccc(-c4cc(F)ccc4O)c3)cc2O)CC(C)O1. The molecule has 1 fully saturated rings. The van der Waals surface area contributed by atoms with Crippen LogP contribution in [0, 0.1) is 5.82 Å². The van der Waals surface area contributed by atoms with E-state index in [1.165, 1.54) is 42.3 Å². The minimum atomic E-state index is -0.567. The first-order valence-corrected chi connectivity index (χ1v) is 13.0. The Kier molecular flexibility index (Phi) is 8.91. The molecule has 0 spiro atoms. The molecule has 196 valence electrons. The van der Waals surface area contributed by atoms with Gasteiger partial charge < -0.3 is 24.4 Å². The highest BCUT2D eigenvalue weighted by atomic mass is 32.2. The largest absolute Gasteiger partial charge is 0.507 e. The third-order valence-electron chi connectivity index (χ3n) is 5.96. The van der Waals surface area contributed by atoms with Crippen molar-refractivity contribution in [3.63, 3.8) is 0 Å². The Morgan fingerprint density at radius 3 is 2.62 bits per heavy atom. The minimum absolute atomic E-state index is 0.00537. The molecule has 37 heavy (non-hydrogen) atoms. The van der Waals surface area contributed by atoms with E-state index in [0.29, 0.717) is 23.2 Å². The molecule has 9 heteroatoms. The predicted molar refractivity (Wildman–Crippen MR) is 142 cm³/mol. The standard InChI is InChI=1S/C28H31FN2O5S/c1-18-16-31(17-19(2)36-18)11-4-12-35-28(34)24-9-8-22(15-27(24)33)30-37-23-6-3-5-20(13-23)25-14-21(29)7-10-26(25)32/h3,5-10,13-15,18-19,30,32-33H,4,11-12,16-17H2,1-2H3. The van der Waals surface area contributed by atoms with Crippen LogP contribution in [0.5, 0.6) is 11.5 Å². The van der Waals surface area contributed by atoms with Crippen LogP contribution in [0.15, 0.2) is 65.6 Å². The maximum atomic E-state index is 13.6. The van der Waals surface area contributed by atoms with Crippen molar-refractivity contribution in [1.82, 2.24) is 4.90 Å². The second-order valence-electron chi connectivity index (χ2n) is 9.13. The second kappa shape index (κ2) is 12.3. The number of rotatable bonds is 9. The maximum absolute atomic E-state index is 13.6. The molecule has 0 bridgehead atoms. The summed E-state index contributed by atoms with van der Waals surface area (Å²) in [6.45, 7) is 6.92. The first kappa shape index (κ1) is 26.8. The van der Waals surface area contributed by atoms with Crippen LogP contribution in [0.3, 0.4) is 0 Å². The van der Waals surface area contributed by atoms with Crippen molar-refractivity contribution >= 4 is 23.6 Å². The van der Waals surface area contributed by atoms with Crippen LogP contribution in [0.2, 0.25) is 0 Å². The van der Waals surface area contributed by atoms with E-state index in [0.717, 1.165) is 24.5 Å². The molecular formula is C28H31FN2O5S. The zero-order chi connectivity index (χ0) is 26.4. The molecule has 0 amide bonds. The maximum Gasteiger partial charge on any atom is 0.341 e. The quantitative estimate of drug-likeness (QED) is 0.186. The molecular weight excluding hydrogens is 495 g/mol. The average molecular weight is 527 g/mol. The molecule has 2 atom stereocenters. The third kappa shape index (κ3) is 7.38. The molecule has 1 saturated heterocycles. The molecule has 1 aliphatic rings. The first-order valence-electron chi connectivity index (χ1n) is 12.2. The fourth-order valence-corrected chi connectivity index (χ4v) is 5.05. The summed E-state index contributed by atoms with van der Waals surface area (Å²) in [5.41, 5.74) is 1.76. The van der Waals surface area contributed by atoms with E-state index in [-0.39, 0.29) is 35.9 Å². The summed E-state index contributed by atoms with van der Waals surface area (Å²) < 4.78 is 27.8. The highest BCUT2D eigenvalue weighted by Gasteiger charge is 2.22. The Balaban J connectivity index is 1.28. The van der Waals surface area contributed by atoms with Crippen molar-refractivity contribution in [3.05, 3.63) is 72.0 Å². The number of phenols is 2. The minimum Gasteiger partial charge on any atom is -0.507 e. The van der Waals surface area contributed by atoms with Crippen molar-refractivity contribution in [2.24, 2.45) is 0 Å². The number of nitrogens with zero attached hydrogens (tertiary/aromatic N) is 1. The molecule has 1 heterocycles. The number of esters is 1. The van der Waals surface area contributed by atoms with Crippen molar-refractivity contribution in [2.45, 2.75) is 37.4 Å². The number of anilines is 1. The van der Waals surface area contributed by atoms with Gasteiger partial charge in [-0.3, -0.25) is 4.90 Å². The van der Waals surface area contributed by atoms with Crippen LogP contribution in [-0.4, -0.2) is 59.5 Å². The molecule has 0 aliphatic carbocycles. The molecule has 1 aliphatic heterocycles. The summed E-state index contributed by atoms with van der Waals surface area (Å²) in [4.78, 5) is 15.6. The highest BCUT2D eigenvalue weighted by Crippen LogP contribution is 2.33. The van der Waals surface area contributed by atoms with E-state index in [1.54, 1.807) is 18.2 Å². The Morgan fingerprint density at radius 1 is 1.08 bits per heavy atom. The van der Waals surface area contributed by atoms with Crippen molar-refractivity contribution in [3.8, 4) is 22.6 Å². The number of ether oxygens (including phenoxy) is 2. The Labute approximate surface area is 220 Å². The smallest absolute Gasteiger partial charge is 0.341 e. The number of halogens is 1. The van der Waals surface area contributed by atoms with Gasteiger partial charge in [-0.25, -0.2) is 9.18 Å². The summed E-state index contributed by atoms with van der Waals surface area (Å²) >= 11 is 1.28. The zero-order valence-electron chi connectivity index (χ0n) is 20.8. The van der Waals surface area contributed by atoms with Gasteiger partial charge in [0.05, 0.1) is 18.8 Å². The van der Waals surface area contributed by atoms with E-state index < -0.39 is 11.8 Å². The summed E-state index contributed by atoms with van der Waals surface area (Å²) in [5, 5.41) is 20.5. The topological polar surface area (TPSA) is 91.3 Å². The summed E-state index contributed by atoms with van der Waals surface area (Å²) in [6.07, 6.45) is 1.09. The summed E-state index contributed by atoms with van der Waals surface area (Å²) in [7, 11) is 0. The number of carbonyl (C=O) groups excluding carboxylic acids is 1. The van der Waals surface area contributed by atoms with Gasteiger partial charge in [-0.2, -0.15) is 0 Å². The van der Waals surface area contributed by atoms with Gasteiger partial charge in [-0.1, -0.05) is 12.1 Å². The van der Waals surface area contributed by atoms with Gasteiger partial charge in [-0.05, 0) is 80.2 Å². The van der Waals surface area contributed by atoms with E-state index in [2.05, 4.69) is 23.5 Å². The Morgan fingerprint density at radius 2 is 1.86 bits per heavy atom. The number of hydrogen-bond acceptors (Lipinski definition) is 8. The average Bonchev–Trinajstić information content (AvgIpc) is 2.86. The van der Waals surface area contributed by atoms with Gasteiger partial charge >= 0.3 is 5.97 Å². The third-order valence-corrected chi connectivity index (χ3v) is 6.78. The highest BCUT2D eigenvalue weighted by molar-refractivity contribution is 8.00. The van der Waals surface area contributed by atoms with E-state index in [1.807, 2.05) is 12.1 Å². The number of phenolic OH excluding ortho intramolecular Hbond substituents is 2. The van der Waals surface area contributed by atoms with Crippen molar-refractivity contribution in [1.29, 1.82) is 0 Å². The molecule has 0 saturated carbocycles. The van der Waals surface area contributed by atoms with Crippen LogP contribution in [0.25, 0.3) is 11.1 Å². The monoisotopic (exact) mass is 526 g/mol. The van der Waals surface area contributed by atoms with Gasteiger partial charge in [0.15, 0.2) is 0 Å². The fourth-order valence-electron chi connectivity index (χ4n) is 4.35. The van der Waals surface area contributed by atoms with Crippen LogP contribution in [0.4, 0.5) is 10.1 Å². The molecule has 3 N–H and O–H groups in total. The Bertz CT molecular complexity index is 1230.